The summed E-state index contributed by atoms with van der Waals surface area (Å²) in [6, 6.07) is 4.00. The van der Waals surface area contributed by atoms with E-state index in [2.05, 4.69) is 0 Å². The van der Waals surface area contributed by atoms with Gasteiger partial charge in [-0.3, -0.25) is 0 Å². The van der Waals surface area contributed by atoms with Crippen molar-refractivity contribution in [1.82, 2.24) is 4.31 Å². The van der Waals surface area contributed by atoms with Crippen LogP contribution >= 0.6 is 0 Å². The molecular weight excluding hydrogens is 295 g/mol. The van der Waals surface area contributed by atoms with Crippen molar-refractivity contribution in [2.45, 2.75) is 30.9 Å². The van der Waals surface area contributed by atoms with Gasteiger partial charge in [0.15, 0.2) is 0 Å². The molecule has 1 aromatic rings. The van der Waals surface area contributed by atoms with Gasteiger partial charge < -0.3 is 10.5 Å². The third-order valence-electron chi connectivity index (χ3n) is 4.00. The summed E-state index contributed by atoms with van der Waals surface area (Å²) in [5.74, 6) is -0.476. The molecule has 0 saturated carbocycles. The topological polar surface area (TPSA) is 72.6 Å². The van der Waals surface area contributed by atoms with Crippen LogP contribution in [-0.2, 0) is 21.3 Å². The van der Waals surface area contributed by atoms with E-state index < -0.39 is 15.8 Å². The average Bonchev–Trinajstić information content (AvgIpc) is 2.47. The van der Waals surface area contributed by atoms with Gasteiger partial charge in [-0.25, -0.2) is 12.8 Å². The molecule has 0 bridgehead atoms. The molecule has 118 valence electrons. The first-order valence-corrected chi connectivity index (χ1v) is 8.35. The highest BCUT2D eigenvalue weighted by molar-refractivity contribution is 7.89. The number of sulfonamides is 1. The Morgan fingerprint density at radius 2 is 2.19 bits per heavy atom. The van der Waals surface area contributed by atoms with E-state index in [-0.39, 0.29) is 30.0 Å². The summed E-state index contributed by atoms with van der Waals surface area (Å²) in [7, 11) is -2.28. The molecule has 7 heteroatoms. The minimum atomic E-state index is -3.85. The largest absolute Gasteiger partial charge is 0.380 e. The van der Waals surface area contributed by atoms with E-state index in [1.165, 1.54) is 22.5 Å². The fourth-order valence-electron chi connectivity index (χ4n) is 2.55. The number of hydrogen-bond donors (Lipinski definition) is 1. The Balaban J connectivity index is 2.30. The van der Waals surface area contributed by atoms with Crippen molar-refractivity contribution in [3.05, 3.63) is 29.6 Å². The molecule has 0 radical (unpaired) electrons. The van der Waals surface area contributed by atoms with E-state index in [0.29, 0.717) is 18.5 Å². The molecule has 21 heavy (non-hydrogen) atoms. The van der Waals surface area contributed by atoms with E-state index in [1.807, 2.05) is 6.92 Å². The zero-order valence-corrected chi connectivity index (χ0v) is 13.1. The van der Waals surface area contributed by atoms with Gasteiger partial charge in [-0.2, -0.15) is 4.31 Å². The summed E-state index contributed by atoms with van der Waals surface area (Å²) in [5, 5.41) is 0. The van der Waals surface area contributed by atoms with Gasteiger partial charge in [0.05, 0.1) is 6.10 Å². The van der Waals surface area contributed by atoms with E-state index in [4.69, 9.17) is 10.5 Å². The quantitative estimate of drug-likeness (QED) is 0.909. The minimum absolute atomic E-state index is 0.167. The number of nitrogens with zero attached hydrogens (tertiary/aromatic N) is 1. The van der Waals surface area contributed by atoms with Gasteiger partial charge in [0.25, 0.3) is 0 Å². The Kier molecular flexibility index (Phi) is 4.98. The van der Waals surface area contributed by atoms with Crippen molar-refractivity contribution in [3.8, 4) is 0 Å². The molecule has 2 unspecified atom stereocenters. The fraction of sp³-hybridized carbons (Fsp3) is 0.571. The predicted molar refractivity (Wildman–Crippen MR) is 77.6 cm³/mol. The van der Waals surface area contributed by atoms with Gasteiger partial charge in [-0.05, 0) is 30.0 Å². The van der Waals surface area contributed by atoms with Crippen molar-refractivity contribution in [1.29, 1.82) is 0 Å². The van der Waals surface area contributed by atoms with Crippen molar-refractivity contribution < 1.29 is 17.5 Å². The molecule has 1 heterocycles. The molecule has 0 spiro atoms. The molecule has 5 nitrogen and oxygen atoms in total. The minimum Gasteiger partial charge on any atom is -0.380 e. The zero-order chi connectivity index (χ0) is 15.6. The second kappa shape index (κ2) is 6.39. The first kappa shape index (κ1) is 16.4. The summed E-state index contributed by atoms with van der Waals surface area (Å²) < 4.78 is 45.8. The smallest absolute Gasteiger partial charge is 0.246 e. The van der Waals surface area contributed by atoms with Crippen LogP contribution in [0.5, 0.6) is 0 Å². The van der Waals surface area contributed by atoms with Gasteiger partial charge in [-0.15, -0.1) is 0 Å². The molecular formula is C14H21FN2O3S. The molecule has 1 aliphatic rings. The summed E-state index contributed by atoms with van der Waals surface area (Å²) in [6.45, 7) is 2.82. The van der Waals surface area contributed by atoms with E-state index in [1.54, 1.807) is 7.11 Å². The third kappa shape index (κ3) is 3.26. The van der Waals surface area contributed by atoms with E-state index in [0.717, 1.165) is 0 Å². The normalized spacial score (nSPS) is 24.2. The number of hydrogen-bond acceptors (Lipinski definition) is 4. The standard InChI is InChI=1S/C14H21FN2O3S/c1-10-5-6-17(9-13(10)20-2)21(18,19)14-4-3-11(8-16)7-12(14)15/h3-4,7,10,13H,5-6,8-9,16H2,1-2H3. The Morgan fingerprint density at radius 1 is 1.48 bits per heavy atom. The van der Waals surface area contributed by atoms with Crippen LogP contribution in [0.2, 0.25) is 0 Å². The number of methoxy groups -OCH3 is 1. The number of halogens is 1. The molecule has 1 fully saturated rings. The molecule has 1 aromatic carbocycles. The van der Waals surface area contributed by atoms with E-state index in [9.17, 15) is 12.8 Å². The van der Waals surface area contributed by atoms with E-state index >= 15 is 0 Å². The zero-order valence-electron chi connectivity index (χ0n) is 12.3. The molecule has 2 rings (SSSR count). The highest BCUT2D eigenvalue weighted by Crippen LogP contribution is 2.26. The van der Waals surface area contributed by atoms with Crippen LogP contribution in [0, 0.1) is 11.7 Å². The van der Waals surface area contributed by atoms with Crippen LogP contribution in [0.15, 0.2) is 23.1 Å². The van der Waals surface area contributed by atoms with Gasteiger partial charge in [0, 0.05) is 26.7 Å². The van der Waals surface area contributed by atoms with Crippen LogP contribution in [0.1, 0.15) is 18.9 Å². The molecule has 1 saturated heterocycles. The Bertz CT molecular complexity index is 606. The number of nitrogens with two attached hydrogens (primary N) is 1. The van der Waals surface area contributed by atoms with Crippen LogP contribution in [0.3, 0.4) is 0 Å². The maximum Gasteiger partial charge on any atom is 0.246 e. The predicted octanol–water partition coefficient (Wildman–Crippen LogP) is 1.33. The second-order valence-electron chi connectivity index (χ2n) is 5.37. The van der Waals surface area contributed by atoms with Crippen molar-refractivity contribution in [2.24, 2.45) is 11.7 Å². The molecule has 0 amide bonds. The third-order valence-corrected chi connectivity index (χ3v) is 5.90. The van der Waals surface area contributed by atoms with Crippen molar-refractivity contribution in [2.75, 3.05) is 20.2 Å². The summed E-state index contributed by atoms with van der Waals surface area (Å²) in [6.07, 6.45) is 0.528. The fourth-order valence-corrected chi connectivity index (χ4v) is 4.06. The SMILES string of the molecule is COC1CN(S(=O)(=O)c2ccc(CN)cc2F)CCC1C. The summed E-state index contributed by atoms with van der Waals surface area (Å²) in [4.78, 5) is -0.302. The first-order valence-electron chi connectivity index (χ1n) is 6.91. The maximum atomic E-state index is 14.1. The lowest BCUT2D eigenvalue weighted by atomic mass is 9.97. The van der Waals surface area contributed by atoms with Gasteiger partial charge in [0.1, 0.15) is 10.7 Å². The summed E-state index contributed by atoms with van der Waals surface area (Å²) >= 11 is 0. The Hall–Kier alpha value is -1.02. The second-order valence-corrected chi connectivity index (χ2v) is 7.28. The van der Waals surface area contributed by atoms with Crippen LogP contribution in [-0.4, -0.2) is 39.0 Å². The molecule has 0 aliphatic carbocycles. The number of piperidine rings is 1. The lowest BCUT2D eigenvalue weighted by Gasteiger charge is -2.35. The van der Waals surface area contributed by atoms with Gasteiger partial charge in [-0.1, -0.05) is 13.0 Å². The van der Waals surface area contributed by atoms with Crippen LogP contribution in [0.4, 0.5) is 4.39 Å². The van der Waals surface area contributed by atoms with Gasteiger partial charge >= 0.3 is 0 Å². The summed E-state index contributed by atoms with van der Waals surface area (Å²) in [5.41, 5.74) is 5.99. The van der Waals surface area contributed by atoms with Crippen molar-refractivity contribution in [3.63, 3.8) is 0 Å². The number of ether oxygens (including phenoxy) is 1. The average molecular weight is 316 g/mol. The molecule has 2 atom stereocenters. The lowest BCUT2D eigenvalue weighted by Crippen LogP contribution is -2.46. The maximum absolute atomic E-state index is 14.1. The van der Waals surface area contributed by atoms with Crippen molar-refractivity contribution >= 4 is 10.0 Å². The molecule has 2 N–H and O–H groups in total. The lowest BCUT2D eigenvalue weighted by molar-refractivity contribution is 0.0183. The highest BCUT2D eigenvalue weighted by Gasteiger charge is 2.35. The molecule has 0 aromatic heterocycles. The van der Waals surface area contributed by atoms with Crippen LogP contribution < -0.4 is 5.73 Å². The van der Waals surface area contributed by atoms with Crippen LogP contribution in [0.25, 0.3) is 0 Å². The van der Waals surface area contributed by atoms with Gasteiger partial charge in [0.2, 0.25) is 10.0 Å². The number of benzene rings is 1. The monoisotopic (exact) mass is 316 g/mol. The Morgan fingerprint density at radius 3 is 2.76 bits per heavy atom. The Labute approximate surface area is 124 Å². The number of rotatable bonds is 4. The first-order chi connectivity index (χ1) is 9.90. The molecule has 1 aliphatic heterocycles. The highest BCUT2D eigenvalue weighted by atomic mass is 32.2.